The van der Waals surface area contributed by atoms with E-state index in [-0.39, 0.29) is 17.7 Å². The van der Waals surface area contributed by atoms with E-state index < -0.39 is 0 Å². The zero-order valence-electron chi connectivity index (χ0n) is 18.4. The molecule has 0 bridgehead atoms. The molecule has 7 nitrogen and oxygen atoms in total. The molecule has 0 aromatic heterocycles. The Bertz CT molecular complexity index is 1000. The van der Waals surface area contributed by atoms with Gasteiger partial charge in [0.05, 0.1) is 32.0 Å². The van der Waals surface area contributed by atoms with Gasteiger partial charge in [0.25, 0.3) is 0 Å². The van der Waals surface area contributed by atoms with E-state index in [0.29, 0.717) is 53.9 Å². The van der Waals surface area contributed by atoms with Crippen molar-refractivity contribution in [3.63, 3.8) is 0 Å². The summed E-state index contributed by atoms with van der Waals surface area (Å²) in [4.78, 5) is 27.0. The summed E-state index contributed by atoms with van der Waals surface area (Å²) in [6.45, 7) is 1.03. The summed E-state index contributed by atoms with van der Waals surface area (Å²) in [7, 11) is 4.61. The number of nitrogens with zero attached hydrogens (tertiary/aromatic N) is 1. The number of halogens is 1. The average Bonchev–Trinajstić information content (AvgIpc) is 2.82. The number of hydrogen-bond donors (Lipinski definition) is 1. The van der Waals surface area contributed by atoms with E-state index in [1.54, 1.807) is 42.4 Å². The average molecular weight is 459 g/mol. The van der Waals surface area contributed by atoms with Crippen molar-refractivity contribution in [2.75, 3.05) is 39.7 Å². The molecule has 0 aliphatic carbocycles. The van der Waals surface area contributed by atoms with Crippen LogP contribution < -0.4 is 19.5 Å². The van der Waals surface area contributed by atoms with Gasteiger partial charge in [0.15, 0.2) is 11.5 Å². The minimum atomic E-state index is -0.155. The maximum atomic E-state index is 12.6. The number of carbonyl (C=O) groups excluding carboxylic acids is 2. The number of methoxy groups -OCH3 is 3. The third-order valence-electron chi connectivity index (χ3n) is 5.42. The molecule has 2 amide bonds. The molecule has 1 aliphatic heterocycles. The molecule has 0 saturated carbocycles. The molecular formula is C24H27ClN2O5. The fourth-order valence-electron chi connectivity index (χ4n) is 3.65. The van der Waals surface area contributed by atoms with Crippen LogP contribution in [0.4, 0.5) is 5.69 Å². The smallest absolute Gasteiger partial charge is 0.246 e. The summed E-state index contributed by atoms with van der Waals surface area (Å²) in [5.41, 5.74) is 1.38. The summed E-state index contributed by atoms with van der Waals surface area (Å²) in [5.74, 6) is 1.24. The summed E-state index contributed by atoms with van der Waals surface area (Å²) in [5, 5.41) is 3.33. The number of rotatable bonds is 7. The molecular weight excluding hydrogens is 432 g/mol. The van der Waals surface area contributed by atoms with E-state index in [2.05, 4.69) is 5.32 Å². The normalized spacial score (nSPS) is 14.3. The van der Waals surface area contributed by atoms with Crippen LogP contribution in [0.25, 0.3) is 6.08 Å². The zero-order valence-corrected chi connectivity index (χ0v) is 19.1. The largest absolute Gasteiger partial charge is 0.495 e. The SMILES string of the molecule is COc1ccccc1NC(=O)C1CCN(C(=O)/C=C/c2cc(Cl)c(OC)c(OC)c2)CC1. The first-order chi connectivity index (χ1) is 15.5. The van der Waals surface area contributed by atoms with Crippen molar-refractivity contribution in [3.8, 4) is 17.2 Å². The third-order valence-corrected chi connectivity index (χ3v) is 5.70. The lowest BCUT2D eigenvalue weighted by Crippen LogP contribution is -2.40. The van der Waals surface area contributed by atoms with Crippen LogP contribution in [0.1, 0.15) is 18.4 Å². The number of amides is 2. The van der Waals surface area contributed by atoms with Gasteiger partial charge in [0.1, 0.15) is 5.75 Å². The Hall–Kier alpha value is -3.19. The molecule has 0 unspecified atom stereocenters. The second-order valence-corrected chi connectivity index (χ2v) is 7.77. The monoisotopic (exact) mass is 458 g/mol. The van der Waals surface area contributed by atoms with E-state index >= 15 is 0 Å². The summed E-state index contributed by atoms with van der Waals surface area (Å²) in [6.07, 6.45) is 4.40. The molecule has 2 aromatic carbocycles. The number of hydrogen-bond acceptors (Lipinski definition) is 5. The Kier molecular flexibility index (Phi) is 8.00. The number of anilines is 1. The Morgan fingerprint density at radius 3 is 2.38 bits per heavy atom. The minimum absolute atomic E-state index is 0.0582. The van der Waals surface area contributed by atoms with Crippen molar-refractivity contribution >= 4 is 35.2 Å². The highest BCUT2D eigenvalue weighted by Gasteiger charge is 2.27. The van der Waals surface area contributed by atoms with Crippen molar-refractivity contribution in [2.24, 2.45) is 5.92 Å². The van der Waals surface area contributed by atoms with E-state index in [9.17, 15) is 9.59 Å². The first-order valence-corrected chi connectivity index (χ1v) is 10.7. The van der Waals surface area contributed by atoms with Gasteiger partial charge < -0.3 is 24.4 Å². The number of benzene rings is 2. The number of piperidine rings is 1. The van der Waals surface area contributed by atoms with Crippen molar-refractivity contribution in [1.82, 2.24) is 4.90 Å². The molecule has 0 atom stereocenters. The number of para-hydroxylation sites is 2. The fourth-order valence-corrected chi connectivity index (χ4v) is 3.95. The van der Waals surface area contributed by atoms with Crippen LogP contribution in [0, 0.1) is 5.92 Å². The Balaban J connectivity index is 1.56. The van der Waals surface area contributed by atoms with Crippen molar-refractivity contribution in [2.45, 2.75) is 12.8 Å². The molecule has 32 heavy (non-hydrogen) atoms. The summed E-state index contributed by atoms with van der Waals surface area (Å²) in [6, 6.07) is 10.8. The molecule has 1 saturated heterocycles. The van der Waals surface area contributed by atoms with Gasteiger partial charge in [-0.05, 0) is 48.7 Å². The molecule has 3 rings (SSSR count). The molecule has 1 aliphatic rings. The third kappa shape index (κ3) is 5.53. The molecule has 1 N–H and O–H groups in total. The van der Waals surface area contributed by atoms with Crippen LogP contribution in [0.3, 0.4) is 0 Å². The Morgan fingerprint density at radius 1 is 1.03 bits per heavy atom. The van der Waals surface area contributed by atoms with Crippen LogP contribution in [0.15, 0.2) is 42.5 Å². The highest BCUT2D eigenvalue weighted by Crippen LogP contribution is 2.36. The van der Waals surface area contributed by atoms with Crippen molar-refractivity contribution in [3.05, 3.63) is 53.1 Å². The van der Waals surface area contributed by atoms with Crippen molar-refractivity contribution in [1.29, 1.82) is 0 Å². The first kappa shape index (κ1) is 23.5. The molecule has 170 valence electrons. The summed E-state index contributed by atoms with van der Waals surface area (Å²) < 4.78 is 15.8. The molecule has 1 fully saturated rings. The van der Waals surface area contributed by atoms with Crippen LogP contribution >= 0.6 is 11.6 Å². The van der Waals surface area contributed by atoms with Gasteiger partial charge >= 0.3 is 0 Å². The summed E-state index contributed by atoms with van der Waals surface area (Å²) >= 11 is 6.22. The Morgan fingerprint density at radius 2 is 1.72 bits per heavy atom. The van der Waals surface area contributed by atoms with E-state index in [1.807, 2.05) is 12.1 Å². The van der Waals surface area contributed by atoms with Gasteiger partial charge in [-0.2, -0.15) is 0 Å². The van der Waals surface area contributed by atoms with Gasteiger partial charge in [0, 0.05) is 25.1 Å². The van der Waals surface area contributed by atoms with Crippen molar-refractivity contribution < 1.29 is 23.8 Å². The van der Waals surface area contributed by atoms with Gasteiger partial charge in [-0.3, -0.25) is 9.59 Å². The van der Waals surface area contributed by atoms with Crippen LogP contribution in [-0.4, -0.2) is 51.1 Å². The van der Waals surface area contributed by atoms with Gasteiger partial charge in [-0.25, -0.2) is 0 Å². The first-order valence-electron chi connectivity index (χ1n) is 10.3. The minimum Gasteiger partial charge on any atom is -0.495 e. The van der Waals surface area contributed by atoms with Gasteiger partial charge in [-0.15, -0.1) is 0 Å². The van der Waals surface area contributed by atoms with Gasteiger partial charge in [-0.1, -0.05) is 23.7 Å². The Labute approximate surface area is 192 Å². The molecule has 8 heteroatoms. The van der Waals surface area contributed by atoms with Crippen LogP contribution in [-0.2, 0) is 9.59 Å². The maximum absolute atomic E-state index is 12.6. The lowest BCUT2D eigenvalue weighted by molar-refractivity contribution is -0.130. The zero-order chi connectivity index (χ0) is 23.1. The lowest BCUT2D eigenvalue weighted by Gasteiger charge is -2.30. The maximum Gasteiger partial charge on any atom is 0.246 e. The predicted molar refractivity (Wildman–Crippen MR) is 125 cm³/mol. The number of ether oxygens (including phenoxy) is 3. The molecule has 0 radical (unpaired) electrons. The number of carbonyl (C=O) groups is 2. The van der Waals surface area contributed by atoms with E-state index in [0.717, 1.165) is 5.56 Å². The second kappa shape index (κ2) is 10.9. The van der Waals surface area contributed by atoms with E-state index in [4.69, 9.17) is 25.8 Å². The molecule has 2 aromatic rings. The van der Waals surface area contributed by atoms with Gasteiger partial charge in [0.2, 0.25) is 11.8 Å². The van der Waals surface area contributed by atoms with Crippen LogP contribution in [0.5, 0.6) is 17.2 Å². The predicted octanol–water partition coefficient (Wildman–Crippen LogP) is 4.26. The standard InChI is InChI=1S/C24H27ClN2O5/c1-30-20-7-5-4-6-19(20)26-24(29)17-10-12-27(13-11-17)22(28)9-8-16-14-18(25)23(32-3)21(15-16)31-2/h4-9,14-15,17H,10-13H2,1-3H3,(H,26,29)/b9-8+. The second-order valence-electron chi connectivity index (χ2n) is 7.36. The molecule has 0 spiro atoms. The van der Waals surface area contributed by atoms with Crippen LogP contribution in [0.2, 0.25) is 5.02 Å². The molecule has 1 heterocycles. The highest BCUT2D eigenvalue weighted by atomic mass is 35.5. The fraction of sp³-hybridized carbons (Fsp3) is 0.333. The lowest BCUT2D eigenvalue weighted by atomic mass is 9.95. The number of nitrogens with one attached hydrogen (secondary N) is 1. The topological polar surface area (TPSA) is 77.1 Å². The quantitative estimate of drug-likeness (QED) is 0.627. The number of likely N-dealkylation sites (tertiary alicyclic amines) is 1. The highest BCUT2D eigenvalue weighted by molar-refractivity contribution is 6.32. The van der Waals surface area contributed by atoms with E-state index in [1.165, 1.54) is 20.3 Å².